The van der Waals surface area contributed by atoms with E-state index in [4.69, 9.17) is 5.73 Å². The number of primary amides is 1. The van der Waals surface area contributed by atoms with Crippen molar-refractivity contribution in [2.45, 2.75) is 26.2 Å². The minimum absolute atomic E-state index is 0.0367. The molecular weight excluding hydrogens is 330 g/mol. The van der Waals surface area contributed by atoms with Gasteiger partial charge in [-0.05, 0) is 36.6 Å². The van der Waals surface area contributed by atoms with Crippen LogP contribution < -0.4 is 21.3 Å². The summed E-state index contributed by atoms with van der Waals surface area (Å²) in [5, 5.41) is 14.6. The normalized spacial score (nSPS) is 15.0. The molecule has 0 unspecified atom stereocenters. The van der Waals surface area contributed by atoms with E-state index in [2.05, 4.69) is 44.6 Å². The molecule has 0 aliphatic carbocycles. The van der Waals surface area contributed by atoms with Crippen molar-refractivity contribution in [2.75, 3.05) is 36.4 Å². The molecule has 1 fully saturated rings. The quantitative estimate of drug-likeness (QED) is 0.748. The van der Waals surface area contributed by atoms with E-state index >= 15 is 0 Å². The van der Waals surface area contributed by atoms with Crippen LogP contribution in [0.5, 0.6) is 0 Å². The van der Waals surface area contributed by atoms with Crippen molar-refractivity contribution >= 4 is 23.4 Å². The second-order valence-electron chi connectivity index (χ2n) is 6.67. The van der Waals surface area contributed by atoms with Crippen molar-refractivity contribution in [3.05, 3.63) is 35.5 Å². The fourth-order valence-corrected chi connectivity index (χ4v) is 2.84. The third-order valence-corrected chi connectivity index (χ3v) is 4.37. The molecule has 3 rings (SSSR count). The lowest BCUT2D eigenvalue weighted by atomic mass is 10.0. The number of anilines is 3. The number of nitrogens with one attached hydrogen (secondary N) is 2. The van der Waals surface area contributed by atoms with Gasteiger partial charge in [-0.1, -0.05) is 26.0 Å². The van der Waals surface area contributed by atoms with Crippen molar-refractivity contribution in [1.29, 1.82) is 0 Å². The number of nitrogens with two attached hydrogens (primary N) is 1. The van der Waals surface area contributed by atoms with Crippen molar-refractivity contribution < 1.29 is 4.79 Å². The van der Waals surface area contributed by atoms with Crippen LogP contribution in [0.25, 0.3) is 0 Å². The number of hydrogen-bond acceptors (Lipinski definition) is 7. The Morgan fingerprint density at radius 1 is 1.19 bits per heavy atom. The zero-order chi connectivity index (χ0) is 18.5. The van der Waals surface area contributed by atoms with Gasteiger partial charge in [-0.15, -0.1) is 10.2 Å². The summed E-state index contributed by atoms with van der Waals surface area (Å²) in [6, 6.07) is 8.01. The summed E-state index contributed by atoms with van der Waals surface area (Å²) in [5.74, 6) is 0.626. The molecule has 1 aliphatic heterocycles. The van der Waals surface area contributed by atoms with E-state index < -0.39 is 5.91 Å². The minimum Gasteiger partial charge on any atom is -0.364 e. The largest absolute Gasteiger partial charge is 0.364 e. The Kier molecular flexibility index (Phi) is 5.62. The average molecular weight is 355 g/mol. The molecule has 138 valence electrons. The standard InChI is InChI=1S/C18H25N7O/c1-12(2)13-4-6-14(7-5-13)21-17-15(16(19)26)23-24-18(22-17)25-10-3-8-20-9-11-25/h4-7,12,20H,3,8-11H2,1-2H3,(H2,19,26)(H,21,22,24). The first-order chi connectivity index (χ1) is 12.5. The molecule has 4 N–H and O–H groups in total. The van der Waals surface area contributed by atoms with Crippen LogP contribution in [-0.2, 0) is 0 Å². The van der Waals surface area contributed by atoms with Gasteiger partial charge in [-0.25, -0.2) is 0 Å². The van der Waals surface area contributed by atoms with E-state index in [1.807, 2.05) is 24.3 Å². The van der Waals surface area contributed by atoms with E-state index in [1.54, 1.807) is 0 Å². The number of carbonyl (C=O) groups excluding carboxylic acids is 1. The monoisotopic (exact) mass is 355 g/mol. The molecule has 0 spiro atoms. The molecule has 26 heavy (non-hydrogen) atoms. The first-order valence-electron chi connectivity index (χ1n) is 8.92. The van der Waals surface area contributed by atoms with Gasteiger partial charge in [-0.2, -0.15) is 4.98 Å². The summed E-state index contributed by atoms with van der Waals surface area (Å²) in [6.45, 7) is 7.75. The van der Waals surface area contributed by atoms with Crippen molar-refractivity contribution in [3.8, 4) is 0 Å². The minimum atomic E-state index is -0.657. The summed E-state index contributed by atoms with van der Waals surface area (Å²) >= 11 is 0. The molecule has 2 heterocycles. The van der Waals surface area contributed by atoms with Gasteiger partial charge in [0.2, 0.25) is 5.95 Å². The zero-order valence-electron chi connectivity index (χ0n) is 15.2. The van der Waals surface area contributed by atoms with Crippen LogP contribution in [-0.4, -0.2) is 47.3 Å². The molecule has 1 aromatic carbocycles. The molecule has 8 nitrogen and oxygen atoms in total. The lowest BCUT2D eigenvalue weighted by molar-refractivity contribution is 0.0995. The van der Waals surface area contributed by atoms with Crippen LogP contribution in [0.4, 0.5) is 17.5 Å². The van der Waals surface area contributed by atoms with Crippen LogP contribution >= 0.6 is 0 Å². The Labute approximate surface area is 153 Å². The molecule has 0 atom stereocenters. The first kappa shape index (κ1) is 18.1. The molecule has 2 aromatic rings. The first-order valence-corrected chi connectivity index (χ1v) is 8.92. The SMILES string of the molecule is CC(C)c1ccc(Nc2nc(N3CCCNCC3)nnc2C(N)=O)cc1. The van der Waals surface area contributed by atoms with Gasteiger partial charge in [0.15, 0.2) is 11.5 Å². The van der Waals surface area contributed by atoms with E-state index in [1.165, 1.54) is 5.56 Å². The van der Waals surface area contributed by atoms with Gasteiger partial charge in [0.1, 0.15) is 0 Å². The van der Waals surface area contributed by atoms with Crippen molar-refractivity contribution in [2.24, 2.45) is 5.73 Å². The lowest BCUT2D eigenvalue weighted by Crippen LogP contribution is -2.30. The Bertz CT molecular complexity index is 753. The fourth-order valence-electron chi connectivity index (χ4n) is 2.84. The highest BCUT2D eigenvalue weighted by molar-refractivity contribution is 5.96. The van der Waals surface area contributed by atoms with E-state index in [9.17, 15) is 4.79 Å². The van der Waals surface area contributed by atoms with Gasteiger partial charge in [0.25, 0.3) is 5.91 Å². The van der Waals surface area contributed by atoms with Crippen LogP contribution in [0.2, 0.25) is 0 Å². The number of benzene rings is 1. The van der Waals surface area contributed by atoms with Crippen LogP contribution in [0, 0.1) is 0 Å². The third-order valence-electron chi connectivity index (χ3n) is 4.37. The number of carbonyl (C=O) groups is 1. The van der Waals surface area contributed by atoms with E-state index in [-0.39, 0.29) is 5.69 Å². The summed E-state index contributed by atoms with van der Waals surface area (Å²) in [7, 11) is 0. The number of rotatable bonds is 5. The maximum absolute atomic E-state index is 11.7. The number of amides is 1. The molecule has 1 aliphatic rings. The summed E-state index contributed by atoms with van der Waals surface area (Å²) in [4.78, 5) is 18.3. The second-order valence-corrected chi connectivity index (χ2v) is 6.67. The van der Waals surface area contributed by atoms with E-state index in [0.717, 1.165) is 38.3 Å². The lowest BCUT2D eigenvalue weighted by Gasteiger charge is -2.20. The Morgan fingerprint density at radius 3 is 2.65 bits per heavy atom. The van der Waals surface area contributed by atoms with Gasteiger partial charge < -0.3 is 21.3 Å². The Morgan fingerprint density at radius 2 is 1.96 bits per heavy atom. The van der Waals surface area contributed by atoms with Crippen molar-refractivity contribution in [3.63, 3.8) is 0 Å². The highest BCUT2D eigenvalue weighted by atomic mass is 16.1. The predicted octanol–water partition coefficient (Wildman–Crippen LogP) is 1.64. The second kappa shape index (κ2) is 8.09. The van der Waals surface area contributed by atoms with Crippen molar-refractivity contribution in [1.82, 2.24) is 20.5 Å². The molecule has 1 aromatic heterocycles. The van der Waals surface area contributed by atoms with Gasteiger partial charge in [0.05, 0.1) is 0 Å². The summed E-state index contributed by atoms with van der Waals surface area (Å²) in [6.07, 6.45) is 1.00. The zero-order valence-corrected chi connectivity index (χ0v) is 15.2. The van der Waals surface area contributed by atoms with Gasteiger partial charge in [-0.3, -0.25) is 4.79 Å². The molecule has 1 saturated heterocycles. The smallest absolute Gasteiger partial charge is 0.273 e. The summed E-state index contributed by atoms with van der Waals surface area (Å²) < 4.78 is 0. The maximum atomic E-state index is 11.7. The van der Waals surface area contributed by atoms with E-state index in [0.29, 0.717) is 17.7 Å². The molecular formula is C18H25N7O. The summed E-state index contributed by atoms with van der Waals surface area (Å²) in [5.41, 5.74) is 7.54. The molecule has 0 radical (unpaired) electrons. The number of aromatic nitrogens is 3. The highest BCUT2D eigenvalue weighted by Crippen LogP contribution is 2.22. The third kappa shape index (κ3) is 4.26. The maximum Gasteiger partial charge on any atom is 0.273 e. The fraction of sp³-hybridized carbons (Fsp3) is 0.444. The molecule has 1 amide bonds. The van der Waals surface area contributed by atoms with Crippen LogP contribution in [0.15, 0.2) is 24.3 Å². The number of nitrogens with zero attached hydrogens (tertiary/aromatic N) is 4. The molecule has 0 bridgehead atoms. The highest BCUT2D eigenvalue weighted by Gasteiger charge is 2.18. The predicted molar refractivity (Wildman–Crippen MR) is 102 cm³/mol. The molecule has 8 heteroatoms. The van der Waals surface area contributed by atoms with Gasteiger partial charge in [0, 0.05) is 25.3 Å². The Balaban J connectivity index is 1.87. The topological polar surface area (TPSA) is 109 Å². The van der Waals surface area contributed by atoms with Crippen LogP contribution in [0.1, 0.15) is 42.2 Å². The molecule has 0 saturated carbocycles. The van der Waals surface area contributed by atoms with Gasteiger partial charge >= 0.3 is 0 Å². The Hall–Kier alpha value is -2.74. The van der Waals surface area contributed by atoms with Crippen LogP contribution in [0.3, 0.4) is 0 Å². The average Bonchev–Trinajstić information content (AvgIpc) is 2.91. The number of hydrogen-bond donors (Lipinski definition) is 3.